The van der Waals surface area contributed by atoms with Gasteiger partial charge in [-0.15, -0.1) is 0 Å². The fourth-order valence-electron chi connectivity index (χ4n) is 4.19. The quantitative estimate of drug-likeness (QED) is 0.356. The molecule has 1 aliphatic rings. The van der Waals surface area contributed by atoms with Crippen LogP contribution in [0.3, 0.4) is 0 Å². The van der Waals surface area contributed by atoms with Crippen LogP contribution in [-0.2, 0) is 22.7 Å². The average Bonchev–Trinajstić information content (AvgIpc) is 3.62. The highest BCUT2D eigenvalue weighted by atomic mass is 32.1. The predicted octanol–water partition coefficient (Wildman–Crippen LogP) is 5.06. The number of alkyl halides is 3. The number of hydrogen-bond acceptors (Lipinski definition) is 8. The number of ether oxygens (including phenoxy) is 3. The van der Waals surface area contributed by atoms with E-state index < -0.39 is 35.8 Å². The van der Waals surface area contributed by atoms with Gasteiger partial charge in [-0.05, 0) is 30.5 Å². The van der Waals surface area contributed by atoms with E-state index in [9.17, 15) is 27.6 Å². The van der Waals surface area contributed by atoms with Gasteiger partial charge in [0, 0.05) is 24.7 Å². The van der Waals surface area contributed by atoms with Crippen molar-refractivity contribution in [1.82, 2.24) is 15.2 Å². The summed E-state index contributed by atoms with van der Waals surface area (Å²) in [5.41, 5.74) is 0.955. The molecule has 3 aromatic rings. The number of halogens is 3. The van der Waals surface area contributed by atoms with Gasteiger partial charge in [-0.3, -0.25) is 14.5 Å². The second-order valence-electron chi connectivity index (χ2n) is 8.93. The summed E-state index contributed by atoms with van der Waals surface area (Å²) >= 11 is 0.705. The summed E-state index contributed by atoms with van der Waals surface area (Å²) in [6.45, 7) is 0.323. The third-order valence-corrected chi connectivity index (χ3v) is 7.33. The highest BCUT2D eigenvalue weighted by Gasteiger charge is 2.41. The molecule has 4 rings (SSSR count). The van der Waals surface area contributed by atoms with Gasteiger partial charge < -0.3 is 24.8 Å². The number of rotatable bonds is 9. The van der Waals surface area contributed by atoms with E-state index in [0.717, 1.165) is 5.56 Å². The van der Waals surface area contributed by atoms with Crippen LogP contribution in [0, 0.1) is 0 Å². The van der Waals surface area contributed by atoms with Crippen molar-refractivity contribution in [2.24, 2.45) is 0 Å². The molecule has 0 spiro atoms. The molecule has 0 bridgehead atoms. The second kappa shape index (κ2) is 12.9. The minimum Gasteiger partial charge on any atom is -0.497 e. The highest BCUT2D eigenvalue weighted by Crippen LogP contribution is 2.38. The van der Waals surface area contributed by atoms with Crippen molar-refractivity contribution < 1.29 is 41.8 Å². The Bertz CT molecular complexity index is 1400. The normalized spacial score (nSPS) is 14.9. The summed E-state index contributed by atoms with van der Waals surface area (Å²) in [6, 6.07) is 13.4. The molecular weight excluding hydrogens is 565 g/mol. The molecule has 1 fully saturated rings. The van der Waals surface area contributed by atoms with E-state index in [2.05, 4.69) is 10.3 Å². The van der Waals surface area contributed by atoms with Crippen LogP contribution in [0.2, 0.25) is 0 Å². The Morgan fingerprint density at radius 2 is 1.85 bits per heavy atom. The fourth-order valence-corrected chi connectivity index (χ4v) is 5.30. The predicted molar refractivity (Wildman–Crippen MR) is 143 cm³/mol. The third kappa shape index (κ3) is 7.25. The average molecular weight is 593 g/mol. The lowest BCUT2D eigenvalue weighted by molar-refractivity contribution is -0.167. The van der Waals surface area contributed by atoms with Crippen molar-refractivity contribution >= 4 is 34.2 Å². The number of nitrogens with zero attached hydrogens (tertiary/aromatic N) is 2. The van der Waals surface area contributed by atoms with Crippen molar-refractivity contribution in [2.75, 3.05) is 26.1 Å². The number of likely N-dealkylation sites (tertiary alicyclic amines) is 1. The van der Waals surface area contributed by atoms with Gasteiger partial charge in [0.15, 0.2) is 5.69 Å². The van der Waals surface area contributed by atoms with Gasteiger partial charge in [-0.1, -0.05) is 41.7 Å². The largest absolute Gasteiger partial charge is 0.497 e. The molecule has 0 unspecified atom stereocenters. The molecule has 0 saturated carbocycles. The van der Waals surface area contributed by atoms with E-state index >= 15 is 0 Å². The fraction of sp³-hybridized carbons (Fsp3) is 0.333. The number of amides is 3. The molecule has 2 N–H and O–H groups in total. The molecule has 2 heterocycles. The number of anilines is 1. The maximum Gasteiger partial charge on any atom is 0.471 e. The molecule has 3 amide bonds. The molecule has 218 valence electrons. The number of aromatic nitrogens is 1. The highest BCUT2D eigenvalue weighted by molar-refractivity contribution is 7.16. The Kier molecular flexibility index (Phi) is 9.32. The van der Waals surface area contributed by atoms with Crippen molar-refractivity contribution in [1.29, 1.82) is 0 Å². The van der Waals surface area contributed by atoms with Gasteiger partial charge in [0.1, 0.15) is 28.1 Å². The molecule has 0 aliphatic carbocycles. The standard InChI is InChI=1S/C27H27F3N4O6S/c1-38-18-11-10-17(20(13-18)39-2)14-31-22(35)21-24(33-25(36)27(28,29)30)41-23(32-21)19-9-6-12-34(19)26(37)40-15-16-7-4-3-5-8-16/h3-5,7-8,10-11,13,19H,6,9,12,14-15H2,1-2H3,(H,31,35)(H,33,36)/t19-/m1/s1. The van der Waals surface area contributed by atoms with Crippen LogP contribution in [0.4, 0.5) is 23.0 Å². The Balaban J connectivity index is 1.54. The third-order valence-electron chi connectivity index (χ3n) is 6.25. The van der Waals surface area contributed by atoms with Crippen LogP contribution in [0.5, 0.6) is 11.5 Å². The van der Waals surface area contributed by atoms with E-state index in [1.54, 1.807) is 35.6 Å². The maximum absolute atomic E-state index is 13.1. The molecule has 1 atom stereocenters. The number of benzene rings is 2. The van der Waals surface area contributed by atoms with Gasteiger partial charge in [0.2, 0.25) is 0 Å². The first kappa shape index (κ1) is 29.6. The van der Waals surface area contributed by atoms with Gasteiger partial charge >= 0.3 is 18.2 Å². The van der Waals surface area contributed by atoms with Crippen molar-refractivity contribution in [3.05, 3.63) is 70.4 Å². The molecule has 14 heteroatoms. The zero-order chi connectivity index (χ0) is 29.6. The zero-order valence-electron chi connectivity index (χ0n) is 22.1. The molecule has 0 radical (unpaired) electrons. The lowest BCUT2D eigenvalue weighted by atomic mass is 10.2. The minimum atomic E-state index is -5.19. The van der Waals surface area contributed by atoms with Crippen molar-refractivity contribution in [3.8, 4) is 11.5 Å². The van der Waals surface area contributed by atoms with Crippen LogP contribution in [0.15, 0.2) is 48.5 Å². The number of thiazole rings is 1. The van der Waals surface area contributed by atoms with Gasteiger partial charge in [-0.25, -0.2) is 9.78 Å². The van der Waals surface area contributed by atoms with Crippen LogP contribution in [-0.4, -0.2) is 54.7 Å². The SMILES string of the molecule is COc1ccc(CNC(=O)c2nc([C@H]3CCCN3C(=O)OCc3ccccc3)sc2NC(=O)C(F)(F)F)c(OC)c1. The lowest BCUT2D eigenvalue weighted by Crippen LogP contribution is -2.31. The maximum atomic E-state index is 13.1. The second-order valence-corrected chi connectivity index (χ2v) is 9.96. The van der Waals surface area contributed by atoms with Crippen LogP contribution < -0.4 is 20.1 Å². The van der Waals surface area contributed by atoms with Crippen molar-refractivity contribution in [3.63, 3.8) is 0 Å². The smallest absolute Gasteiger partial charge is 0.471 e. The van der Waals surface area contributed by atoms with E-state index in [1.807, 2.05) is 18.2 Å². The Hall–Kier alpha value is -4.33. The van der Waals surface area contributed by atoms with E-state index in [4.69, 9.17) is 14.2 Å². The Morgan fingerprint density at radius 1 is 1.10 bits per heavy atom. The first-order valence-electron chi connectivity index (χ1n) is 12.5. The van der Waals surface area contributed by atoms with Gasteiger partial charge in [0.25, 0.3) is 5.91 Å². The lowest BCUT2D eigenvalue weighted by Gasteiger charge is -2.22. The molecule has 1 aromatic heterocycles. The number of carbonyl (C=O) groups is 3. The molecule has 1 aliphatic heterocycles. The summed E-state index contributed by atoms with van der Waals surface area (Å²) in [4.78, 5) is 43.4. The summed E-state index contributed by atoms with van der Waals surface area (Å²) in [6.07, 6.45) is -4.77. The molecule has 2 aromatic carbocycles. The van der Waals surface area contributed by atoms with E-state index in [1.165, 1.54) is 19.1 Å². The molecule has 41 heavy (non-hydrogen) atoms. The van der Waals surface area contributed by atoms with E-state index in [-0.39, 0.29) is 23.2 Å². The number of hydrogen-bond donors (Lipinski definition) is 2. The van der Waals surface area contributed by atoms with Crippen LogP contribution in [0.25, 0.3) is 0 Å². The molecule has 10 nitrogen and oxygen atoms in total. The van der Waals surface area contributed by atoms with E-state index in [0.29, 0.717) is 47.8 Å². The first-order chi connectivity index (χ1) is 19.6. The minimum absolute atomic E-state index is 0.0378. The summed E-state index contributed by atoms with van der Waals surface area (Å²) < 4.78 is 55.1. The number of carbonyl (C=O) groups excluding carboxylic acids is 3. The molecular formula is C27H27F3N4O6S. The topological polar surface area (TPSA) is 119 Å². The zero-order valence-corrected chi connectivity index (χ0v) is 22.9. The first-order valence-corrected chi connectivity index (χ1v) is 13.3. The van der Waals surface area contributed by atoms with Gasteiger partial charge in [-0.2, -0.15) is 13.2 Å². The number of nitrogens with one attached hydrogen (secondary N) is 2. The molecule has 1 saturated heterocycles. The summed E-state index contributed by atoms with van der Waals surface area (Å²) in [5, 5.41) is 4.17. The number of methoxy groups -OCH3 is 2. The summed E-state index contributed by atoms with van der Waals surface area (Å²) in [5.74, 6) is -2.12. The van der Waals surface area contributed by atoms with Crippen LogP contribution in [0.1, 0.15) is 45.5 Å². The monoisotopic (exact) mass is 592 g/mol. The van der Waals surface area contributed by atoms with Crippen LogP contribution >= 0.6 is 11.3 Å². The Morgan fingerprint density at radius 3 is 2.54 bits per heavy atom. The Labute approximate surface area is 237 Å². The summed E-state index contributed by atoms with van der Waals surface area (Å²) in [7, 11) is 2.93. The van der Waals surface area contributed by atoms with Gasteiger partial charge in [0.05, 0.1) is 20.3 Å². The van der Waals surface area contributed by atoms with Crippen molar-refractivity contribution in [2.45, 2.75) is 38.2 Å².